The Labute approximate surface area is 155 Å². The first kappa shape index (κ1) is 18.1. The van der Waals surface area contributed by atoms with Gasteiger partial charge in [-0.15, -0.1) is 0 Å². The number of nitrogens with one attached hydrogen (secondary N) is 1. The lowest BCUT2D eigenvalue weighted by atomic mass is 10.1. The molecule has 0 aliphatic heterocycles. The number of benzene rings is 2. The molecule has 0 spiro atoms. The Bertz CT molecular complexity index is 972. The van der Waals surface area contributed by atoms with Crippen LogP contribution in [-0.2, 0) is 9.53 Å². The monoisotopic (exact) mass is 363 g/mol. The van der Waals surface area contributed by atoms with E-state index in [9.17, 15) is 14.4 Å². The molecule has 1 heterocycles. The number of carbonyl (C=O) groups excluding carboxylic acids is 3. The summed E-state index contributed by atoms with van der Waals surface area (Å²) in [6, 6.07) is 17.1. The van der Waals surface area contributed by atoms with Crippen molar-refractivity contribution in [2.45, 2.75) is 6.92 Å². The highest BCUT2D eigenvalue weighted by Gasteiger charge is 2.12. The van der Waals surface area contributed by atoms with E-state index in [0.717, 1.165) is 11.1 Å². The number of hydrogen-bond donors (Lipinski definition) is 1. The average Bonchev–Trinajstić information content (AvgIpc) is 3.17. The zero-order valence-corrected chi connectivity index (χ0v) is 14.6. The van der Waals surface area contributed by atoms with Gasteiger partial charge in [-0.05, 0) is 42.8 Å². The number of hydrogen-bond acceptors (Lipinski definition) is 5. The summed E-state index contributed by atoms with van der Waals surface area (Å²) in [6.45, 7) is 1.50. The number of aldehydes is 1. The number of para-hydroxylation sites is 1. The molecule has 1 aromatic heterocycles. The normalized spacial score (nSPS) is 10.3. The van der Waals surface area contributed by atoms with Crippen LogP contribution in [0.25, 0.3) is 11.3 Å². The topological polar surface area (TPSA) is 85.6 Å². The molecule has 0 radical (unpaired) electrons. The van der Waals surface area contributed by atoms with Crippen LogP contribution < -0.4 is 5.32 Å². The summed E-state index contributed by atoms with van der Waals surface area (Å²) in [5, 5.41) is 2.70. The highest BCUT2D eigenvalue weighted by molar-refractivity contribution is 5.96. The zero-order valence-electron chi connectivity index (χ0n) is 14.6. The molecule has 0 unspecified atom stereocenters. The molecule has 2 aromatic carbocycles. The quantitative estimate of drug-likeness (QED) is 0.531. The van der Waals surface area contributed by atoms with Crippen molar-refractivity contribution in [1.82, 2.24) is 0 Å². The predicted molar refractivity (Wildman–Crippen MR) is 99.6 cm³/mol. The Kier molecular flexibility index (Phi) is 5.47. The largest absolute Gasteiger partial charge is 0.453 e. The fourth-order valence-corrected chi connectivity index (χ4v) is 2.46. The lowest BCUT2D eigenvalue weighted by molar-refractivity contribution is -0.119. The van der Waals surface area contributed by atoms with Gasteiger partial charge in [-0.25, -0.2) is 4.79 Å². The molecule has 1 amide bonds. The number of ether oxygens (including phenoxy) is 1. The number of esters is 1. The van der Waals surface area contributed by atoms with E-state index in [0.29, 0.717) is 23.3 Å². The van der Waals surface area contributed by atoms with Crippen molar-refractivity contribution in [3.63, 3.8) is 0 Å². The molecule has 1 N–H and O–H groups in total. The second-order valence-electron chi connectivity index (χ2n) is 5.84. The fraction of sp³-hybridized carbons (Fsp3) is 0.0952. The summed E-state index contributed by atoms with van der Waals surface area (Å²) in [4.78, 5) is 34.7. The standard InChI is InChI=1S/C21H17NO5/c1-14-4-2-3-5-18(14)22-20(24)13-26-21(25)16-8-6-15(7-9-16)19-11-10-17(12-23)27-19/h2-12H,13H2,1H3,(H,22,24). The second kappa shape index (κ2) is 8.14. The number of aryl methyl sites for hydroxylation is 1. The summed E-state index contributed by atoms with van der Waals surface area (Å²) in [6.07, 6.45) is 0.622. The van der Waals surface area contributed by atoms with Crippen molar-refractivity contribution < 1.29 is 23.5 Å². The maximum absolute atomic E-state index is 12.1. The minimum Gasteiger partial charge on any atom is -0.453 e. The van der Waals surface area contributed by atoms with E-state index >= 15 is 0 Å². The number of amides is 1. The van der Waals surface area contributed by atoms with Crippen LogP contribution in [0.3, 0.4) is 0 Å². The van der Waals surface area contributed by atoms with Gasteiger partial charge in [0.2, 0.25) is 0 Å². The van der Waals surface area contributed by atoms with Crippen molar-refractivity contribution in [2.24, 2.45) is 0 Å². The third-order valence-corrected chi connectivity index (χ3v) is 3.90. The van der Waals surface area contributed by atoms with Crippen molar-refractivity contribution in [1.29, 1.82) is 0 Å². The van der Waals surface area contributed by atoms with Gasteiger partial charge in [-0.1, -0.05) is 30.3 Å². The first-order chi connectivity index (χ1) is 13.1. The van der Waals surface area contributed by atoms with Crippen molar-refractivity contribution >= 4 is 23.9 Å². The third-order valence-electron chi connectivity index (χ3n) is 3.90. The second-order valence-corrected chi connectivity index (χ2v) is 5.84. The lowest BCUT2D eigenvalue weighted by Crippen LogP contribution is -2.21. The van der Waals surface area contributed by atoms with Gasteiger partial charge in [0.05, 0.1) is 5.56 Å². The van der Waals surface area contributed by atoms with E-state index in [-0.39, 0.29) is 12.4 Å². The Balaban J connectivity index is 1.57. The maximum atomic E-state index is 12.1. The van der Waals surface area contributed by atoms with Crippen molar-refractivity contribution in [2.75, 3.05) is 11.9 Å². The SMILES string of the molecule is Cc1ccccc1NC(=O)COC(=O)c1ccc(-c2ccc(C=O)o2)cc1. The molecule has 3 rings (SSSR count). The van der Waals surface area contributed by atoms with Gasteiger partial charge in [-0.2, -0.15) is 0 Å². The van der Waals surface area contributed by atoms with Crippen LogP contribution in [0.5, 0.6) is 0 Å². The van der Waals surface area contributed by atoms with E-state index in [4.69, 9.17) is 9.15 Å². The number of rotatable bonds is 6. The number of carbonyl (C=O) groups is 3. The van der Waals surface area contributed by atoms with Gasteiger partial charge >= 0.3 is 5.97 Å². The van der Waals surface area contributed by atoms with E-state index in [2.05, 4.69) is 5.32 Å². The lowest BCUT2D eigenvalue weighted by Gasteiger charge is -2.09. The molecular weight excluding hydrogens is 346 g/mol. The van der Waals surface area contributed by atoms with Crippen LogP contribution in [0, 0.1) is 6.92 Å². The Morgan fingerprint density at radius 3 is 2.44 bits per heavy atom. The molecule has 0 saturated heterocycles. The third kappa shape index (κ3) is 4.49. The predicted octanol–water partition coefficient (Wildman–Crippen LogP) is 3.86. The molecule has 0 aliphatic rings. The van der Waals surface area contributed by atoms with Crippen LogP contribution in [0.15, 0.2) is 65.1 Å². The van der Waals surface area contributed by atoms with Gasteiger partial charge in [0.1, 0.15) is 5.76 Å². The number of furan rings is 1. The Hall–Kier alpha value is -3.67. The highest BCUT2D eigenvalue weighted by Crippen LogP contribution is 2.22. The van der Waals surface area contributed by atoms with Crippen LogP contribution in [0.4, 0.5) is 5.69 Å². The van der Waals surface area contributed by atoms with Crippen molar-refractivity contribution in [3.8, 4) is 11.3 Å². The maximum Gasteiger partial charge on any atom is 0.338 e. The van der Waals surface area contributed by atoms with Gasteiger partial charge in [0.15, 0.2) is 18.7 Å². The Morgan fingerprint density at radius 1 is 1.04 bits per heavy atom. The molecular formula is C21H17NO5. The van der Waals surface area contributed by atoms with Crippen LogP contribution in [0.1, 0.15) is 26.5 Å². The van der Waals surface area contributed by atoms with E-state index < -0.39 is 11.9 Å². The van der Waals surface area contributed by atoms with Gasteiger partial charge < -0.3 is 14.5 Å². The molecule has 6 nitrogen and oxygen atoms in total. The van der Waals surface area contributed by atoms with Crippen LogP contribution in [-0.4, -0.2) is 24.8 Å². The molecule has 0 saturated carbocycles. The molecule has 136 valence electrons. The smallest absolute Gasteiger partial charge is 0.338 e. The van der Waals surface area contributed by atoms with Gasteiger partial charge in [-0.3, -0.25) is 9.59 Å². The van der Waals surface area contributed by atoms with Crippen LogP contribution >= 0.6 is 0 Å². The van der Waals surface area contributed by atoms with Crippen LogP contribution in [0.2, 0.25) is 0 Å². The van der Waals surface area contributed by atoms with E-state index in [1.54, 1.807) is 42.5 Å². The zero-order chi connectivity index (χ0) is 19.2. The average molecular weight is 363 g/mol. The summed E-state index contributed by atoms with van der Waals surface area (Å²) in [7, 11) is 0. The van der Waals surface area contributed by atoms with Crippen molar-refractivity contribution in [3.05, 3.63) is 77.6 Å². The summed E-state index contributed by atoms with van der Waals surface area (Å²) in [5.74, 6) is -0.261. The summed E-state index contributed by atoms with van der Waals surface area (Å²) in [5.41, 5.74) is 2.63. The molecule has 0 aliphatic carbocycles. The summed E-state index contributed by atoms with van der Waals surface area (Å²) < 4.78 is 10.4. The molecule has 0 atom stereocenters. The molecule has 6 heteroatoms. The van der Waals surface area contributed by atoms with E-state index in [1.165, 1.54) is 0 Å². The molecule has 0 fully saturated rings. The fourth-order valence-electron chi connectivity index (χ4n) is 2.46. The molecule has 3 aromatic rings. The molecule has 27 heavy (non-hydrogen) atoms. The first-order valence-electron chi connectivity index (χ1n) is 8.25. The summed E-state index contributed by atoms with van der Waals surface area (Å²) >= 11 is 0. The minimum absolute atomic E-state index is 0.230. The van der Waals surface area contributed by atoms with Gasteiger partial charge in [0, 0.05) is 11.3 Å². The van der Waals surface area contributed by atoms with Gasteiger partial charge in [0.25, 0.3) is 5.91 Å². The minimum atomic E-state index is -0.602. The first-order valence-corrected chi connectivity index (χ1v) is 8.25. The number of anilines is 1. The Morgan fingerprint density at radius 2 is 1.78 bits per heavy atom. The highest BCUT2D eigenvalue weighted by atomic mass is 16.5. The molecule has 0 bridgehead atoms. The van der Waals surface area contributed by atoms with E-state index in [1.807, 2.05) is 25.1 Å².